The van der Waals surface area contributed by atoms with Gasteiger partial charge in [-0.1, -0.05) is 64.7 Å². The van der Waals surface area contributed by atoms with Gasteiger partial charge in [-0.15, -0.1) is 0 Å². The van der Waals surface area contributed by atoms with Crippen molar-refractivity contribution in [2.75, 3.05) is 6.54 Å². The molecule has 0 aromatic carbocycles. The first kappa shape index (κ1) is 18.0. The molecular formula is C17H32N2O2. The van der Waals surface area contributed by atoms with Gasteiger partial charge in [-0.2, -0.15) is 0 Å². The number of unbranched alkanes of at least 4 members (excludes halogenated alkanes) is 9. The van der Waals surface area contributed by atoms with Crippen molar-refractivity contribution in [1.82, 2.24) is 10.2 Å². The van der Waals surface area contributed by atoms with E-state index in [-0.39, 0.29) is 11.9 Å². The monoisotopic (exact) mass is 296 g/mol. The van der Waals surface area contributed by atoms with Crippen molar-refractivity contribution >= 4 is 11.9 Å². The van der Waals surface area contributed by atoms with Crippen LogP contribution < -0.4 is 5.32 Å². The summed E-state index contributed by atoms with van der Waals surface area (Å²) in [7, 11) is 0. The molecule has 0 atom stereocenters. The van der Waals surface area contributed by atoms with Crippen molar-refractivity contribution < 1.29 is 9.59 Å². The number of hydrogen-bond donors (Lipinski definition) is 1. The van der Waals surface area contributed by atoms with E-state index in [2.05, 4.69) is 12.2 Å². The Kier molecular flexibility index (Phi) is 7.76. The topological polar surface area (TPSA) is 49.4 Å². The van der Waals surface area contributed by atoms with Gasteiger partial charge < -0.3 is 5.32 Å². The molecule has 1 aliphatic heterocycles. The van der Waals surface area contributed by atoms with Crippen molar-refractivity contribution in [3.8, 4) is 0 Å². The minimum atomic E-state index is -0.727. The first-order chi connectivity index (χ1) is 9.99. The van der Waals surface area contributed by atoms with Gasteiger partial charge in [-0.3, -0.25) is 9.69 Å². The lowest BCUT2D eigenvalue weighted by molar-refractivity contribution is -0.130. The second-order valence-corrected chi connectivity index (χ2v) is 6.69. The molecule has 0 aromatic rings. The molecule has 21 heavy (non-hydrogen) atoms. The standard InChI is InChI=1S/C17H32N2O2/c1-4-5-6-7-8-9-10-11-12-13-14-19-15(20)17(2,3)18-16(19)21/h4-14H2,1-3H3,(H,18,21). The maximum Gasteiger partial charge on any atom is 0.325 e. The number of nitrogens with one attached hydrogen (secondary N) is 1. The van der Waals surface area contributed by atoms with Crippen molar-refractivity contribution in [1.29, 1.82) is 0 Å². The van der Waals surface area contributed by atoms with E-state index in [0.29, 0.717) is 6.54 Å². The molecule has 4 nitrogen and oxygen atoms in total. The fraction of sp³-hybridized carbons (Fsp3) is 0.882. The predicted octanol–water partition coefficient (Wildman–Crippen LogP) is 4.24. The molecule has 1 N–H and O–H groups in total. The molecule has 0 saturated carbocycles. The Morgan fingerprint density at radius 1 is 0.857 bits per heavy atom. The molecule has 0 aromatic heterocycles. The van der Waals surface area contributed by atoms with Crippen molar-refractivity contribution in [2.45, 2.75) is 90.5 Å². The molecule has 1 aliphatic rings. The largest absolute Gasteiger partial charge is 0.325 e. The molecule has 1 rings (SSSR count). The Morgan fingerprint density at radius 3 is 1.76 bits per heavy atom. The van der Waals surface area contributed by atoms with Gasteiger partial charge in [0.1, 0.15) is 5.54 Å². The lowest BCUT2D eigenvalue weighted by Gasteiger charge is -2.15. The van der Waals surface area contributed by atoms with E-state index < -0.39 is 5.54 Å². The summed E-state index contributed by atoms with van der Waals surface area (Å²) in [6.07, 6.45) is 12.6. The minimum Gasteiger partial charge on any atom is -0.324 e. The Bertz CT molecular complexity index is 340. The second kappa shape index (κ2) is 9.06. The van der Waals surface area contributed by atoms with Crippen LogP contribution in [-0.2, 0) is 4.79 Å². The highest BCUT2D eigenvalue weighted by molar-refractivity contribution is 6.06. The van der Waals surface area contributed by atoms with Crippen molar-refractivity contribution in [2.24, 2.45) is 0 Å². The average molecular weight is 296 g/mol. The normalized spacial score (nSPS) is 17.4. The first-order valence-electron chi connectivity index (χ1n) is 8.63. The summed E-state index contributed by atoms with van der Waals surface area (Å²) >= 11 is 0. The smallest absolute Gasteiger partial charge is 0.324 e. The third-order valence-corrected chi connectivity index (χ3v) is 4.18. The minimum absolute atomic E-state index is 0.0941. The second-order valence-electron chi connectivity index (χ2n) is 6.69. The van der Waals surface area contributed by atoms with Gasteiger partial charge in [0.05, 0.1) is 0 Å². The highest BCUT2D eigenvalue weighted by Gasteiger charge is 2.43. The van der Waals surface area contributed by atoms with Crippen molar-refractivity contribution in [3.63, 3.8) is 0 Å². The molecule has 1 heterocycles. The fourth-order valence-corrected chi connectivity index (χ4v) is 2.78. The first-order valence-corrected chi connectivity index (χ1v) is 8.63. The zero-order valence-electron chi connectivity index (χ0n) is 14.0. The van der Waals surface area contributed by atoms with E-state index in [1.807, 2.05) is 0 Å². The molecule has 4 heteroatoms. The van der Waals surface area contributed by atoms with Crippen LogP contribution in [-0.4, -0.2) is 28.9 Å². The van der Waals surface area contributed by atoms with Crippen LogP contribution in [0.15, 0.2) is 0 Å². The van der Waals surface area contributed by atoms with Crippen LogP contribution in [0.1, 0.15) is 85.0 Å². The van der Waals surface area contributed by atoms with Crippen LogP contribution in [0.5, 0.6) is 0 Å². The molecule has 0 aliphatic carbocycles. The molecular weight excluding hydrogens is 264 g/mol. The number of amides is 3. The number of carbonyl (C=O) groups is 2. The summed E-state index contributed by atoms with van der Waals surface area (Å²) < 4.78 is 0. The molecule has 0 radical (unpaired) electrons. The van der Waals surface area contributed by atoms with E-state index in [4.69, 9.17) is 0 Å². The van der Waals surface area contributed by atoms with Gasteiger partial charge in [-0.05, 0) is 20.3 Å². The molecule has 0 bridgehead atoms. The Hall–Kier alpha value is -1.06. The van der Waals surface area contributed by atoms with Gasteiger partial charge in [-0.25, -0.2) is 4.79 Å². The molecule has 1 saturated heterocycles. The maximum absolute atomic E-state index is 12.0. The van der Waals surface area contributed by atoms with Gasteiger partial charge >= 0.3 is 6.03 Å². The van der Waals surface area contributed by atoms with Gasteiger partial charge in [0.2, 0.25) is 0 Å². The zero-order valence-corrected chi connectivity index (χ0v) is 14.0. The number of rotatable bonds is 11. The quantitative estimate of drug-likeness (QED) is 0.458. The number of hydrogen-bond acceptors (Lipinski definition) is 2. The van der Waals surface area contributed by atoms with E-state index in [1.165, 1.54) is 56.3 Å². The molecule has 0 unspecified atom stereocenters. The number of urea groups is 1. The van der Waals surface area contributed by atoms with E-state index in [1.54, 1.807) is 13.8 Å². The molecule has 1 fully saturated rings. The van der Waals surface area contributed by atoms with Crippen LogP contribution in [0, 0.1) is 0 Å². The van der Waals surface area contributed by atoms with Crippen LogP contribution in [0.25, 0.3) is 0 Å². The fourth-order valence-electron chi connectivity index (χ4n) is 2.78. The lowest BCUT2D eigenvalue weighted by atomic mass is 10.1. The summed E-state index contributed by atoms with van der Waals surface area (Å²) in [5.41, 5.74) is -0.727. The number of carbonyl (C=O) groups excluding carboxylic acids is 2. The molecule has 0 spiro atoms. The highest BCUT2D eigenvalue weighted by atomic mass is 16.2. The molecule has 3 amide bonds. The highest BCUT2D eigenvalue weighted by Crippen LogP contribution is 2.17. The van der Waals surface area contributed by atoms with Crippen molar-refractivity contribution in [3.05, 3.63) is 0 Å². The average Bonchev–Trinajstić information content (AvgIpc) is 2.62. The number of imide groups is 1. The maximum atomic E-state index is 12.0. The Morgan fingerprint density at radius 2 is 1.33 bits per heavy atom. The van der Waals surface area contributed by atoms with Crippen LogP contribution >= 0.6 is 0 Å². The van der Waals surface area contributed by atoms with Crippen LogP contribution in [0.3, 0.4) is 0 Å². The summed E-state index contributed by atoms with van der Waals surface area (Å²) in [5, 5.41) is 2.72. The van der Waals surface area contributed by atoms with Crippen LogP contribution in [0.2, 0.25) is 0 Å². The Balaban J connectivity index is 2.00. The molecule has 122 valence electrons. The predicted molar refractivity (Wildman–Crippen MR) is 86.2 cm³/mol. The third-order valence-electron chi connectivity index (χ3n) is 4.18. The van der Waals surface area contributed by atoms with Gasteiger partial charge in [0.25, 0.3) is 5.91 Å². The zero-order chi connectivity index (χ0) is 15.7. The lowest BCUT2D eigenvalue weighted by Crippen LogP contribution is -2.40. The summed E-state index contributed by atoms with van der Waals surface area (Å²) in [6.45, 7) is 6.31. The van der Waals surface area contributed by atoms with E-state index >= 15 is 0 Å². The number of nitrogens with zero attached hydrogens (tertiary/aromatic N) is 1. The van der Waals surface area contributed by atoms with Gasteiger partial charge in [0, 0.05) is 6.54 Å². The van der Waals surface area contributed by atoms with Crippen LogP contribution in [0.4, 0.5) is 4.79 Å². The third kappa shape index (κ3) is 6.06. The summed E-state index contributed by atoms with van der Waals surface area (Å²) in [5.74, 6) is -0.0941. The SMILES string of the molecule is CCCCCCCCCCCCN1C(=O)NC(C)(C)C1=O. The van der Waals surface area contributed by atoms with E-state index in [9.17, 15) is 9.59 Å². The van der Waals surface area contributed by atoms with Gasteiger partial charge in [0.15, 0.2) is 0 Å². The van der Waals surface area contributed by atoms with E-state index in [0.717, 1.165) is 12.8 Å². The summed E-state index contributed by atoms with van der Waals surface area (Å²) in [4.78, 5) is 25.0. The summed E-state index contributed by atoms with van der Waals surface area (Å²) in [6, 6.07) is -0.235. The Labute approximate surface area is 129 Å².